The SMILES string of the molecule is CCS(=O)(=O)c1nn2c(NC(C)C(C)(C)C)ccnc2c1-c1nc2cc(C(F)(F)F)ccn2n1. The maximum absolute atomic E-state index is 13.1. The molecule has 0 fully saturated rings. The van der Waals surface area contributed by atoms with E-state index in [2.05, 4.69) is 46.3 Å². The van der Waals surface area contributed by atoms with E-state index in [0.29, 0.717) is 5.82 Å². The summed E-state index contributed by atoms with van der Waals surface area (Å²) in [5.74, 6) is 0.181. The zero-order valence-electron chi connectivity index (χ0n) is 19.2. The fourth-order valence-corrected chi connectivity index (χ4v) is 4.16. The molecular weight excluding hydrogens is 471 g/mol. The number of nitrogens with one attached hydrogen (secondary N) is 1. The largest absolute Gasteiger partial charge is 0.416 e. The quantitative estimate of drug-likeness (QED) is 0.444. The molecule has 0 radical (unpaired) electrons. The standard InChI is InChI=1S/C21H24F3N7O2S/c1-6-34(32,33)19-16(17-27-15-11-13(21(22,23)24)8-10-30(15)28-17)18-25-9-7-14(31(18)29-19)26-12(2)20(3,4)5/h7-12,26H,6H2,1-5H3. The number of halogens is 3. The average molecular weight is 496 g/mol. The zero-order valence-corrected chi connectivity index (χ0v) is 20.0. The fraction of sp³-hybridized carbons (Fsp3) is 0.429. The van der Waals surface area contributed by atoms with Crippen LogP contribution >= 0.6 is 0 Å². The van der Waals surface area contributed by atoms with Crippen molar-refractivity contribution in [2.24, 2.45) is 5.41 Å². The van der Waals surface area contributed by atoms with Crippen LogP contribution in [0.25, 0.3) is 22.7 Å². The first-order valence-corrected chi connectivity index (χ1v) is 12.2. The Hall–Kier alpha value is -3.22. The highest BCUT2D eigenvalue weighted by molar-refractivity contribution is 7.91. The molecule has 1 unspecified atom stereocenters. The summed E-state index contributed by atoms with van der Waals surface area (Å²) in [6.07, 6.45) is -1.93. The van der Waals surface area contributed by atoms with Crippen LogP contribution in [-0.4, -0.2) is 49.4 Å². The van der Waals surface area contributed by atoms with Gasteiger partial charge in [-0.1, -0.05) is 27.7 Å². The molecule has 34 heavy (non-hydrogen) atoms. The second-order valence-corrected chi connectivity index (χ2v) is 11.2. The zero-order chi connectivity index (χ0) is 25.1. The normalized spacial score (nSPS) is 14.1. The summed E-state index contributed by atoms with van der Waals surface area (Å²) < 4.78 is 67.8. The molecule has 0 amide bonds. The van der Waals surface area contributed by atoms with Gasteiger partial charge in [-0.05, 0) is 30.5 Å². The van der Waals surface area contributed by atoms with E-state index in [1.807, 2.05) is 6.92 Å². The van der Waals surface area contributed by atoms with Crippen molar-refractivity contribution >= 4 is 26.9 Å². The Morgan fingerprint density at radius 1 is 1.15 bits per heavy atom. The van der Waals surface area contributed by atoms with Gasteiger partial charge in [0, 0.05) is 18.4 Å². The predicted molar refractivity (Wildman–Crippen MR) is 120 cm³/mol. The molecule has 4 heterocycles. The number of fused-ring (bicyclic) bond motifs is 2. The van der Waals surface area contributed by atoms with E-state index < -0.39 is 21.6 Å². The van der Waals surface area contributed by atoms with Crippen molar-refractivity contribution in [3.8, 4) is 11.4 Å². The highest BCUT2D eigenvalue weighted by Gasteiger charge is 2.32. The van der Waals surface area contributed by atoms with Crippen molar-refractivity contribution in [2.75, 3.05) is 11.1 Å². The molecule has 4 aromatic rings. The Kier molecular flexibility index (Phi) is 5.58. The third kappa shape index (κ3) is 4.19. The van der Waals surface area contributed by atoms with Gasteiger partial charge >= 0.3 is 6.18 Å². The molecule has 0 saturated heterocycles. The summed E-state index contributed by atoms with van der Waals surface area (Å²) in [4.78, 5) is 8.50. The number of rotatable bonds is 5. The molecule has 1 N–H and O–H groups in total. The molecule has 9 nitrogen and oxygen atoms in total. The first-order chi connectivity index (χ1) is 15.7. The highest BCUT2D eigenvalue weighted by atomic mass is 32.2. The lowest BCUT2D eigenvalue weighted by Crippen LogP contribution is -2.31. The minimum Gasteiger partial charge on any atom is -0.367 e. The van der Waals surface area contributed by atoms with Gasteiger partial charge in [-0.3, -0.25) is 0 Å². The Morgan fingerprint density at radius 2 is 1.85 bits per heavy atom. The van der Waals surface area contributed by atoms with E-state index in [4.69, 9.17) is 0 Å². The van der Waals surface area contributed by atoms with Crippen LogP contribution in [0.15, 0.2) is 35.6 Å². The Labute approximate surface area is 193 Å². The molecule has 13 heteroatoms. The van der Waals surface area contributed by atoms with Gasteiger partial charge in [-0.2, -0.15) is 22.8 Å². The van der Waals surface area contributed by atoms with E-state index in [1.165, 1.54) is 17.6 Å². The highest BCUT2D eigenvalue weighted by Crippen LogP contribution is 2.33. The van der Waals surface area contributed by atoms with Crippen LogP contribution in [0.1, 0.15) is 40.2 Å². The molecule has 4 aromatic heterocycles. The van der Waals surface area contributed by atoms with Crippen LogP contribution in [0.4, 0.5) is 19.0 Å². The van der Waals surface area contributed by atoms with Crippen LogP contribution in [0.5, 0.6) is 0 Å². The number of aromatic nitrogens is 6. The lowest BCUT2D eigenvalue weighted by atomic mass is 9.88. The molecule has 0 saturated carbocycles. The summed E-state index contributed by atoms with van der Waals surface area (Å²) >= 11 is 0. The van der Waals surface area contributed by atoms with Gasteiger partial charge < -0.3 is 5.32 Å². The van der Waals surface area contributed by atoms with Crippen LogP contribution in [0.3, 0.4) is 0 Å². The van der Waals surface area contributed by atoms with Crippen LogP contribution in [0.2, 0.25) is 0 Å². The molecule has 1 atom stereocenters. The van der Waals surface area contributed by atoms with E-state index in [9.17, 15) is 21.6 Å². The lowest BCUT2D eigenvalue weighted by molar-refractivity contribution is -0.137. The smallest absolute Gasteiger partial charge is 0.367 e. The number of hydrogen-bond acceptors (Lipinski definition) is 7. The number of anilines is 1. The second kappa shape index (κ2) is 7.93. The Balaban J connectivity index is 1.96. The minimum absolute atomic E-state index is 0.00825. The first kappa shape index (κ1) is 23.9. The second-order valence-electron chi connectivity index (χ2n) is 9.03. The third-order valence-electron chi connectivity index (χ3n) is 5.71. The van der Waals surface area contributed by atoms with Crippen molar-refractivity contribution in [2.45, 2.75) is 51.9 Å². The van der Waals surface area contributed by atoms with Crippen molar-refractivity contribution in [3.05, 3.63) is 36.2 Å². The van der Waals surface area contributed by atoms with Gasteiger partial charge in [-0.15, -0.1) is 5.10 Å². The third-order valence-corrected chi connectivity index (χ3v) is 7.35. The first-order valence-electron chi connectivity index (χ1n) is 10.5. The summed E-state index contributed by atoms with van der Waals surface area (Å²) in [5.41, 5.74) is -0.875. The Bertz CT molecular complexity index is 1480. The predicted octanol–water partition coefficient (Wildman–Crippen LogP) is 4.10. The number of pyridine rings is 1. The van der Waals surface area contributed by atoms with Crippen LogP contribution in [0, 0.1) is 5.41 Å². The summed E-state index contributed by atoms with van der Waals surface area (Å²) in [6, 6.07) is 3.38. The lowest BCUT2D eigenvalue weighted by Gasteiger charge is -2.28. The maximum Gasteiger partial charge on any atom is 0.416 e. The molecule has 0 spiro atoms. The van der Waals surface area contributed by atoms with Gasteiger partial charge in [0.1, 0.15) is 11.4 Å². The Morgan fingerprint density at radius 3 is 2.47 bits per heavy atom. The van der Waals surface area contributed by atoms with Gasteiger partial charge in [0.25, 0.3) is 0 Å². The van der Waals surface area contributed by atoms with E-state index >= 15 is 0 Å². The molecule has 182 valence electrons. The minimum atomic E-state index is -4.55. The van der Waals surface area contributed by atoms with Crippen LogP contribution in [-0.2, 0) is 16.0 Å². The van der Waals surface area contributed by atoms with E-state index in [0.717, 1.165) is 22.8 Å². The topological polar surface area (TPSA) is 107 Å². The summed E-state index contributed by atoms with van der Waals surface area (Å²) in [7, 11) is -3.85. The summed E-state index contributed by atoms with van der Waals surface area (Å²) in [5, 5.41) is 11.6. The van der Waals surface area contributed by atoms with Crippen molar-refractivity contribution in [1.82, 2.24) is 29.2 Å². The number of alkyl halides is 3. The number of hydrogen-bond donors (Lipinski definition) is 1. The van der Waals surface area contributed by atoms with E-state index in [1.54, 1.807) is 6.07 Å². The molecule has 0 aliphatic carbocycles. The van der Waals surface area contributed by atoms with E-state index in [-0.39, 0.29) is 44.9 Å². The van der Waals surface area contributed by atoms with Crippen LogP contribution < -0.4 is 5.32 Å². The molecule has 0 aromatic carbocycles. The van der Waals surface area contributed by atoms with Crippen molar-refractivity contribution in [1.29, 1.82) is 0 Å². The maximum atomic E-state index is 13.1. The van der Waals surface area contributed by atoms with Gasteiger partial charge in [0.2, 0.25) is 0 Å². The molecule has 0 bridgehead atoms. The van der Waals surface area contributed by atoms with Gasteiger partial charge in [0.05, 0.1) is 11.3 Å². The van der Waals surface area contributed by atoms with Crippen molar-refractivity contribution in [3.63, 3.8) is 0 Å². The number of sulfone groups is 1. The molecule has 0 aliphatic rings. The molecule has 4 rings (SSSR count). The molecular formula is C21H24F3N7O2S. The monoisotopic (exact) mass is 495 g/mol. The molecule has 0 aliphatic heterocycles. The van der Waals surface area contributed by atoms with Gasteiger partial charge in [0.15, 0.2) is 32.0 Å². The number of nitrogens with zero attached hydrogens (tertiary/aromatic N) is 6. The summed E-state index contributed by atoms with van der Waals surface area (Å²) in [6.45, 7) is 9.63. The average Bonchev–Trinajstić information content (AvgIpc) is 3.33. The van der Waals surface area contributed by atoms with Gasteiger partial charge in [-0.25, -0.2) is 22.9 Å². The van der Waals surface area contributed by atoms with Crippen molar-refractivity contribution < 1.29 is 21.6 Å². The fourth-order valence-electron chi connectivity index (χ4n) is 3.19.